The van der Waals surface area contributed by atoms with Crippen LogP contribution >= 0.6 is 22.9 Å². The smallest absolute Gasteiger partial charge is 0.187 e. The Morgan fingerprint density at radius 3 is 2.42 bits per heavy atom. The third-order valence-electron chi connectivity index (χ3n) is 5.20. The van der Waals surface area contributed by atoms with Crippen molar-refractivity contribution >= 4 is 37.9 Å². The summed E-state index contributed by atoms with van der Waals surface area (Å²) in [6, 6.07) is 7.37. The van der Waals surface area contributed by atoms with Crippen molar-refractivity contribution in [1.29, 1.82) is 0 Å². The highest BCUT2D eigenvalue weighted by Gasteiger charge is 2.35. The lowest BCUT2D eigenvalue weighted by molar-refractivity contribution is 0.497. The van der Waals surface area contributed by atoms with E-state index in [4.69, 9.17) is 11.6 Å². The molecule has 4 nitrogen and oxygen atoms in total. The van der Waals surface area contributed by atoms with Crippen LogP contribution in [0.3, 0.4) is 0 Å². The van der Waals surface area contributed by atoms with Crippen molar-refractivity contribution in [3.8, 4) is 0 Å². The van der Waals surface area contributed by atoms with Crippen molar-refractivity contribution in [2.75, 3.05) is 18.0 Å². The molecule has 0 radical (unpaired) electrons. The van der Waals surface area contributed by atoms with Crippen LogP contribution in [0.2, 0.25) is 5.02 Å². The van der Waals surface area contributed by atoms with Crippen LogP contribution in [-0.2, 0) is 16.3 Å². The van der Waals surface area contributed by atoms with Gasteiger partial charge in [-0.2, -0.15) is 0 Å². The highest BCUT2D eigenvalue weighted by atomic mass is 35.5. The van der Waals surface area contributed by atoms with Crippen molar-refractivity contribution in [3.05, 3.63) is 75.5 Å². The summed E-state index contributed by atoms with van der Waals surface area (Å²) < 4.78 is 67.1. The maximum atomic E-state index is 14.0. The van der Waals surface area contributed by atoms with E-state index in [1.54, 1.807) is 6.07 Å². The molecule has 1 aromatic heterocycles. The Bertz CT molecular complexity index is 1170. The zero-order valence-electron chi connectivity index (χ0n) is 16.2. The van der Waals surface area contributed by atoms with E-state index in [0.717, 1.165) is 29.0 Å². The van der Waals surface area contributed by atoms with Crippen LogP contribution in [0.1, 0.15) is 24.1 Å². The van der Waals surface area contributed by atoms with Crippen LogP contribution < -0.4 is 4.90 Å². The molecule has 3 aromatic rings. The van der Waals surface area contributed by atoms with E-state index in [1.807, 2.05) is 10.3 Å². The Morgan fingerprint density at radius 1 is 1.10 bits per heavy atom. The number of hydrogen-bond acceptors (Lipinski definition) is 5. The van der Waals surface area contributed by atoms with E-state index < -0.39 is 37.4 Å². The van der Waals surface area contributed by atoms with Gasteiger partial charge in [0.15, 0.2) is 15.0 Å². The largest absolute Gasteiger partial charge is 0.348 e. The van der Waals surface area contributed by atoms with E-state index >= 15 is 0 Å². The van der Waals surface area contributed by atoms with Crippen molar-refractivity contribution < 1.29 is 21.6 Å². The number of nitrogens with zero attached hydrogens (tertiary/aromatic N) is 2. The molecule has 0 bridgehead atoms. The Labute approximate surface area is 187 Å². The van der Waals surface area contributed by atoms with Gasteiger partial charge in [-0.25, -0.2) is 26.6 Å². The van der Waals surface area contributed by atoms with Gasteiger partial charge in [-0.3, -0.25) is 0 Å². The molecule has 4 rings (SSSR count). The standard InChI is InChI=1S/C21H18ClF3N2O2S2/c22-14-8-13(9-15(23)11-14)10-16-12-30-21(26-16)27-6-4-17(5-7-27)31(28,29)20-18(24)2-1-3-19(20)25/h1-3,8-9,11-12,17H,4-7,10H2. The molecule has 2 aromatic carbocycles. The molecule has 1 fully saturated rings. The molecule has 0 saturated carbocycles. The summed E-state index contributed by atoms with van der Waals surface area (Å²) in [6.07, 6.45) is 0.903. The van der Waals surface area contributed by atoms with Crippen LogP contribution in [0, 0.1) is 17.5 Å². The number of aromatic nitrogens is 1. The average molecular weight is 487 g/mol. The van der Waals surface area contributed by atoms with E-state index in [9.17, 15) is 21.6 Å². The summed E-state index contributed by atoms with van der Waals surface area (Å²) in [5.41, 5.74) is 1.46. The Hall–Kier alpha value is -2.10. The molecule has 1 aliphatic rings. The van der Waals surface area contributed by atoms with Gasteiger partial charge >= 0.3 is 0 Å². The van der Waals surface area contributed by atoms with E-state index in [0.29, 0.717) is 30.1 Å². The molecule has 0 spiro atoms. The molecule has 0 atom stereocenters. The predicted molar refractivity (Wildman–Crippen MR) is 115 cm³/mol. The van der Waals surface area contributed by atoms with Crippen molar-refractivity contribution in [2.24, 2.45) is 0 Å². The number of anilines is 1. The number of thiazole rings is 1. The van der Waals surface area contributed by atoms with Crippen molar-refractivity contribution in [3.63, 3.8) is 0 Å². The van der Waals surface area contributed by atoms with E-state index in [1.165, 1.54) is 23.5 Å². The lowest BCUT2D eigenvalue weighted by atomic mass is 10.1. The molecular weight excluding hydrogens is 469 g/mol. The SMILES string of the molecule is O=S(=O)(c1c(F)cccc1F)C1CCN(c2nc(Cc3cc(F)cc(Cl)c3)cs2)CC1. The van der Waals surface area contributed by atoms with Crippen LogP contribution in [-0.4, -0.2) is 31.7 Å². The molecule has 164 valence electrons. The zero-order valence-corrected chi connectivity index (χ0v) is 18.6. The molecule has 10 heteroatoms. The van der Waals surface area contributed by atoms with Crippen LogP contribution in [0.15, 0.2) is 46.7 Å². The summed E-state index contributed by atoms with van der Waals surface area (Å²) in [7, 11) is -4.11. The normalized spacial score (nSPS) is 15.4. The summed E-state index contributed by atoms with van der Waals surface area (Å²) >= 11 is 7.31. The van der Waals surface area contributed by atoms with Crippen LogP contribution in [0.25, 0.3) is 0 Å². The zero-order chi connectivity index (χ0) is 22.2. The summed E-state index contributed by atoms with van der Waals surface area (Å²) in [4.78, 5) is 5.68. The fourth-order valence-electron chi connectivity index (χ4n) is 3.72. The Balaban J connectivity index is 1.44. The second-order valence-corrected chi connectivity index (χ2v) is 10.8. The van der Waals surface area contributed by atoms with Gasteiger partial charge in [-0.1, -0.05) is 17.7 Å². The molecule has 1 saturated heterocycles. The third-order valence-corrected chi connectivity index (χ3v) is 8.68. The van der Waals surface area contributed by atoms with Gasteiger partial charge in [0.1, 0.15) is 22.3 Å². The quantitative estimate of drug-likeness (QED) is 0.494. The summed E-state index contributed by atoms with van der Waals surface area (Å²) in [6.45, 7) is 0.803. The maximum absolute atomic E-state index is 14.0. The van der Waals surface area contributed by atoms with Gasteiger partial charge < -0.3 is 4.90 Å². The Morgan fingerprint density at radius 2 is 1.77 bits per heavy atom. The van der Waals surface area contributed by atoms with Gasteiger partial charge in [0.05, 0.1) is 10.9 Å². The first-order valence-corrected chi connectivity index (χ1v) is 12.4. The molecular formula is C21H18ClF3N2O2S2. The lowest BCUT2D eigenvalue weighted by Gasteiger charge is -2.31. The number of piperidine rings is 1. The highest BCUT2D eigenvalue weighted by molar-refractivity contribution is 7.92. The van der Waals surface area contributed by atoms with Crippen LogP contribution in [0.5, 0.6) is 0 Å². The highest BCUT2D eigenvalue weighted by Crippen LogP contribution is 2.31. The number of sulfone groups is 1. The average Bonchev–Trinajstić information content (AvgIpc) is 3.15. The lowest BCUT2D eigenvalue weighted by Crippen LogP contribution is -2.39. The number of hydrogen-bond donors (Lipinski definition) is 0. The first-order chi connectivity index (χ1) is 14.7. The second-order valence-electron chi connectivity index (χ2n) is 7.36. The molecule has 31 heavy (non-hydrogen) atoms. The molecule has 0 unspecified atom stereocenters. The summed E-state index contributed by atoms with van der Waals surface area (Å²) in [5.74, 6) is -2.54. The van der Waals surface area contributed by atoms with Gasteiger partial charge in [0.25, 0.3) is 0 Å². The predicted octanol–water partition coefficient (Wildman–Crippen LogP) is 5.25. The minimum atomic E-state index is -4.11. The van der Waals surface area contributed by atoms with Gasteiger partial charge in [-0.15, -0.1) is 11.3 Å². The molecule has 1 aliphatic heterocycles. The molecule has 0 amide bonds. The molecule has 0 N–H and O–H groups in total. The Kier molecular flexibility index (Phi) is 6.27. The number of benzene rings is 2. The number of halogens is 4. The molecule has 0 aliphatic carbocycles. The third kappa shape index (κ3) is 4.73. The van der Waals surface area contributed by atoms with Crippen molar-refractivity contribution in [2.45, 2.75) is 29.4 Å². The van der Waals surface area contributed by atoms with Gasteiger partial charge in [0.2, 0.25) is 0 Å². The number of rotatable bonds is 5. The first kappa shape index (κ1) is 22.1. The molecule has 2 heterocycles. The van der Waals surface area contributed by atoms with E-state index in [2.05, 4.69) is 4.98 Å². The minimum absolute atomic E-state index is 0.241. The topological polar surface area (TPSA) is 50.3 Å². The van der Waals surface area contributed by atoms with Gasteiger partial charge in [0, 0.05) is 29.9 Å². The first-order valence-electron chi connectivity index (χ1n) is 9.56. The maximum Gasteiger partial charge on any atom is 0.187 e. The fourth-order valence-corrected chi connectivity index (χ4v) is 6.69. The monoisotopic (exact) mass is 486 g/mol. The summed E-state index contributed by atoms with van der Waals surface area (Å²) in [5, 5.41) is 2.06. The van der Waals surface area contributed by atoms with Crippen molar-refractivity contribution in [1.82, 2.24) is 4.98 Å². The van der Waals surface area contributed by atoms with E-state index in [-0.39, 0.29) is 12.8 Å². The second kappa shape index (κ2) is 8.80. The van der Waals surface area contributed by atoms with Gasteiger partial charge in [-0.05, 0) is 48.7 Å². The fraction of sp³-hybridized carbons (Fsp3) is 0.286. The minimum Gasteiger partial charge on any atom is -0.348 e. The van der Waals surface area contributed by atoms with Crippen LogP contribution in [0.4, 0.5) is 18.3 Å².